The Morgan fingerprint density at radius 3 is 2.63 bits per heavy atom. The highest BCUT2D eigenvalue weighted by molar-refractivity contribution is 6.04. The second-order valence-corrected chi connectivity index (χ2v) is 6.70. The zero-order chi connectivity index (χ0) is 21.5. The number of hydrazone groups is 1. The van der Waals surface area contributed by atoms with Crippen LogP contribution in [0.15, 0.2) is 59.7 Å². The van der Waals surface area contributed by atoms with Gasteiger partial charge < -0.3 is 10.4 Å². The van der Waals surface area contributed by atoms with E-state index in [9.17, 15) is 14.7 Å². The molecule has 1 aromatic heterocycles. The molecule has 0 saturated heterocycles. The number of carbonyl (C=O) groups excluding carboxylic acids is 2. The zero-order valence-corrected chi connectivity index (χ0v) is 16.8. The average Bonchev–Trinajstić information content (AvgIpc) is 3.24. The van der Waals surface area contributed by atoms with Crippen LogP contribution in [-0.4, -0.2) is 32.8 Å². The molecule has 0 aliphatic heterocycles. The van der Waals surface area contributed by atoms with Crippen molar-refractivity contribution >= 4 is 23.2 Å². The lowest BCUT2D eigenvalue weighted by Crippen LogP contribution is -2.20. The molecule has 30 heavy (non-hydrogen) atoms. The Balaban J connectivity index is 1.71. The van der Waals surface area contributed by atoms with Crippen LogP contribution in [0.1, 0.15) is 42.7 Å². The normalized spacial score (nSPS) is 11.2. The second kappa shape index (κ2) is 9.51. The predicted octanol–water partition coefficient (Wildman–Crippen LogP) is 3.67. The van der Waals surface area contributed by atoms with Gasteiger partial charge in [-0.25, -0.2) is 5.43 Å². The van der Waals surface area contributed by atoms with E-state index in [2.05, 4.69) is 26.0 Å². The molecule has 3 rings (SSSR count). The molecular formula is C22H23N5O3. The summed E-state index contributed by atoms with van der Waals surface area (Å²) in [5, 5.41) is 23.8. The van der Waals surface area contributed by atoms with E-state index >= 15 is 0 Å². The fourth-order valence-electron chi connectivity index (χ4n) is 2.80. The highest BCUT2D eigenvalue weighted by Gasteiger charge is 2.12. The summed E-state index contributed by atoms with van der Waals surface area (Å²) in [7, 11) is 0. The highest BCUT2D eigenvalue weighted by Crippen LogP contribution is 2.22. The van der Waals surface area contributed by atoms with E-state index in [-0.39, 0.29) is 17.4 Å². The summed E-state index contributed by atoms with van der Waals surface area (Å²) in [5.41, 5.74) is 5.58. The van der Waals surface area contributed by atoms with Gasteiger partial charge in [-0.05, 0) is 37.6 Å². The Labute approximate surface area is 174 Å². The van der Waals surface area contributed by atoms with Crippen LogP contribution in [-0.2, 0) is 4.79 Å². The molecule has 0 aliphatic carbocycles. The molecule has 0 unspecified atom stereocenters. The lowest BCUT2D eigenvalue weighted by atomic mass is 10.1. The molecule has 3 aromatic rings. The van der Waals surface area contributed by atoms with Crippen LogP contribution in [0.4, 0.5) is 5.69 Å². The molecule has 0 bridgehead atoms. The van der Waals surface area contributed by atoms with Gasteiger partial charge in [-0.1, -0.05) is 37.3 Å². The third-order valence-electron chi connectivity index (χ3n) is 4.36. The van der Waals surface area contributed by atoms with E-state index in [0.29, 0.717) is 29.1 Å². The number of phenolic OH excluding ortho intramolecular Hbond substituents is 1. The van der Waals surface area contributed by atoms with Crippen molar-refractivity contribution in [3.63, 3.8) is 0 Å². The van der Waals surface area contributed by atoms with Crippen molar-refractivity contribution in [3.05, 3.63) is 65.9 Å². The maximum atomic E-state index is 12.4. The molecule has 0 fully saturated rings. The van der Waals surface area contributed by atoms with Crippen molar-refractivity contribution in [2.24, 2.45) is 5.10 Å². The number of H-pyrrole nitrogens is 1. The number of phenols is 1. The number of amides is 2. The number of nitrogens with zero attached hydrogens (tertiary/aromatic N) is 2. The molecule has 0 spiro atoms. The Bertz CT molecular complexity index is 1070. The van der Waals surface area contributed by atoms with Crippen LogP contribution >= 0.6 is 0 Å². The summed E-state index contributed by atoms with van der Waals surface area (Å²) in [6.07, 6.45) is 1.15. The molecule has 4 N–H and O–H groups in total. The Morgan fingerprint density at radius 1 is 1.13 bits per heavy atom. The van der Waals surface area contributed by atoms with Crippen LogP contribution in [0.3, 0.4) is 0 Å². The minimum atomic E-state index is -0.462. The summed E-state index contributed by atoms with van der Waals surface area (Å²) in [6.45, 7) is 3.57. The largest absolute Gasteiger partial charge is 0.507 e. The van der Waals surface area contributed by atoms with Crippen LogP contribution < -0.4 is 10.7 Å². The molecule has 0 aliphatic rings. The number of anilines is 1. The summed E-state index contributed by atoms with van der Waals surface area (Å²) >= 11 is 0. The fraction of sp³-hybridized carbons (Fsp3) is 0.182. The number of nitrogens with one attached hydrogen (secondary N) is 3. The molecule has 154 valence electrons. The van der Waals surface area contributed by atoms with Gasteiger partial charge in [-0.3, -0.25) is 14.7 Å². The Morgan fingerprint density at radius 2 is 1.90 bits per heavy atom. The van der Waals surface area contributed by atoms with Crippen molar-refractivity contribution in [2.75, 3.05) is 5.32 Å². The molecular weight excluding hydrogens is 382 g/mol. The molecule has 2 aromatic carbocycles. The first kappa shape index (κ1) is 20.8. The monoisotopic (exact) mass is 405 g/mol. The molecule has 8 nitrogen and oxygen atoms in total. The first-order valence-corrected chi connectivity index (χ1v) is 9.56. The predicted molar refractivity (Wildman–Crippen MR) is 115 cm³/mol. The van der Waals surface area contributed by atoms with Crippen LogP contribution in [0.2, 0.25) is 0 Å². The van der Waals surface area contributed by atoms with Gasteiger partial charge in [0.15, 0.2) is 0 Å². The smallest absolute Gasteiger partial charge is 0.289 e. The van der Waals surface area contributed by atoms with E-state index in [1.807, 2.05) is 37.3 Å². The highest BCUT2D eigenvalue weighted by atomic mass is 16.3. The van der Waals surface area contributed by atoms with Crippen molar-refractivity contribution in [2.45, 2.75) is 26.7 Å². The van der Waals surface area contributed by atoms with Crippen LogP contribution in [0, 0.1) is 0 Å². The topological polar surface area (TPSA) is 119 Å². The van der Waals surface area contributed by atoms with Gasteiger partial charge in [0.25, 0.3) is 5.91 Å². The average molecular weight is 405 g/mol. The van der Waals surface area contributed by atoms with Gasteiger partial charge in [0.2, 0.25) is 5.91 Å². The maximum absolute atomic E-state index is 12.4. The third kappa shape index (κ3) is 5.11. The zero-order valence-electron chi connectivity index (χ0n) is 16.8. The first-order valence-electron chi connectivity index (χ1n) is 9.56. The van der Waals surface area contributed by atoms with E-state index in [1.165, 1.54) is 6.07 Å². The maximum Gasteiger partial charge on any atom is 0.289 e. The van der Waals surface area contributed by atoms with Gasteiger partial charge >= 0.3 is 0 Å². The van der Waals surface area contributed by atoms with Crippen LogP contribution in [0.5, 0.6) is 5.75 Å². The molecule has 2 amide bonds. The number of hydrogen-bond acceptors (Lipinski definition) is 5. The molecule has 8 heteroatoms. The fourth-order valence-corrected chi connectivity index (χ4v) is 2.80. The lowest BCUT2D eigenvalue weighted by Gasteiger charge is -2.09. The molecule has 0 radical (unpaired) electrons. The summed E-state index contributed by atoms with van der Waals surface area (Å²) in [5.74, 6) is -0.576. The second-order valence-electron chi connectivity index (χ2n) is 6.70. The van der Waals surface area contributed by atoms with Crippen molar-refractivity contribution in [1.82, 2.24) is 15.6 Å². The summed E-state index contributed by atoms with van der Waals surface area (Å²) in [4.78, 5) is 24.2. The number of aromatic hydroxyl groups is 1. The minimum Gasteiger partial charge on any atom is -0.507 e. The van der Waals surface area contributed by atoms with Gasteiger partial charge in [0.1, 0.15) is 11.4 Å². The quantitative estimate of drug-likeness (QED) is 0.272. The lowest BCUT2D eigenvalue weighted by molar-refractivity contribution is -0.116. The standard InChI is InChI=1S/C22H23N5O3/c1-3-7-21(29)23-16-10-11-20(28)17(12-16)14(2)24-27-22(30)19-13-18(25-26-19)15-8-5-4-6-9-15/h4-6,8-13,28H,3,7H2,1-2H3,(H,23,29)(H,25,26)(H,27,30)/b24-14+. The van der Waals surface area contributed by atoms with Gasteiger partial charge in [0, 0.05) is 23.2 Å². The van der Waals surface area contributed by atoms with Crippen molar-refractivity contribution < 1.29 is 14.7 Å². The van der Waals surface area contributed by atoms with Crippen LogP contribution in [0.25, 0.3) is 11.3 Å². The van der Waals surface area contributed by atoms with Gasteiger partial charge in [-0.15, -0.1) is 0 Å². The summed E-state index contributed by atoms with van der Waals surface area (Å²) < 4.78 is 0. The number of aromatic nitrogens is 2. The molecule has 0 saturated carbocycles. The van der Waals surface area contributed by atoms with E-state index < -0.39 is 5.91 Å². The third-order valence-corrected chi connectivity index (χ3v) is 4.36. The van der Waals surface area contributed by atoms with Crippen molar-refractivity contribution in [1.29, 1.82) is 0 Å². The number of aromatic amines is 1. The van der Waals surface area contributed by atoms with E-state index in [0.717, 1.165) is 12.0 Å². The number of hydrogen-bond donors (Lipinski definition) is 4. The molecule has 1 heterocycles. The first-order chi connectivity index (χ1) is 14.5. The Kier molecular flexibility index (Phi) is 6.59. The number of rotatable bonds is 7. The minimum absolute atomic E-state index is 0.00751. The number of benzene rings is 2. The summed E-state index contributed by atoms with van der Waals surface area (Å²) in [6, 6.07) is 15.8. The Hall–Kier alpha value is -3.94. The van der Waals surface area contributed by atoms with Gasteiger partial charge in [-0.2, -0.15) is 10.2 Å². The van der Waals surface area contributed by atoms with Crippen molar-refractivity contribution in [3.8, 4) is 17.0 Å². The number of carbonyl (C=O) groups is 2. The van der Waals surface area contributed by atoms with Gasteiger partial charge in [0.05, 0.1) is 11.4 Å². The van der Waals surface area contributed by atoms with E-state index in [4.69, 9.17) is 0 Å². The van der Waals surface area contributed by atoms with E-state index in [1.54, 1.807) is 25.1 Å². The SMILES string of the molecule is CCCC(=O)Nc1ccc(O)c(/C(C)=N/NC(=O)c2cc(-c3ccccc3)n[nH]2)c1. The molecule has 0 atom stereocenters.